The zero-order chi connectivity index (χ0) is 22.4. The van der Waals surface area contributed by atoms with Gasteiger partial charge in [-0.2, -0.15) is 4.31 Å². The van der Waals surface area contributed by atoms with Crippen molar-refractivity contribution in [1.29, 1.82) is 0 Å². The molecule has 31 heavy (non-hydrogen) atoms. The number of sulfonamides is 1. The fourth-order valence-electron chi connectivity index (χ4n) is 3.24. The third-order valence-corrected chi connectivity index (χ3v) is 6.81. The van der Waals surface area contributed by atoms with E-state index in [0.29, 0.717) is 49.1 Å². The highest BCUT2D eigenvalue weighted by Gasteiger charge is 2.26. The number of hydrogen-bond acceptors (Lipinski definition) is 7. The van der Waals surface area contributed by atoms with Crippen LogP contribution >= 0.6 is 0 Å². The molecule has 1 saturated heterocycles. The van der Waals surface area contributed by atoms with Gasteiger partial charge in [0.25, 0.3) is 5.91 Å². The third-order valence-electron chi connectivity index (χ3n) is 4.90. The maximum Gasteiger partial charge on any atom is 0.251 e. The van der Waals surface area contributed by atoms with E-state index in [0.717, 1.165) is 5.56 Å². The number of nitrogens with one attached hydrogen (secondary N) is 1. The molecule has 1 N–H and O–H groups in total. The molecule has 3 rings (SSSR count). The summed E-state index contributed by atoms with van der Waals surface area (Å²) >= 11 is 0. The largest absolute Gasteiger partial charge is 0.493 e. The van der Waals surface area contributed by atoms with E-state index in [1.54, 1.807) is 12.1 Å². The van der Waals surface area contributed by atoms with Crippen LogP contribution in [0, 0.1) is 0 Å². The molecule has 2 aromatic carbocycles. The molecule has 0 aromatic heterocycles. The van der Waals surface area contributed by atoms with E-state index in [-0.39, 0.29) is 17.3 Å². The number of hydrogen-bond donors (Lipinski definition) is 1. The molecule has 0 radical (unpaired) electrons. The molecule has 1 fully saturated rings. The van der Waals surface area contributed by atoms with Crippen molar-refractivity contribution in [2.45, 2.75) is 11.4 Å². The molecule has 0 atom stereocenters. The van der Waals surface area contributed by atoms with Gasteiger partial charge in [-0.05, 0) is 42.0 Å². The molecular formula is C21H26N2O7S. The van der Waals surface area contributed by atoms with Gasteiger partial charge in [0.2, 0.25) is 15.8 Å². The number of ether oxygens (including phenoxy) is 4. The molecule has 9 nitrogen and oxygen atoms in total. The SMILES string of the molecule is COc1cc(CNC(=O)c2ccc(S(=O)(=O)N3CCOCC3)cc2)cc(OC)c1OC. The number of methoxy groups -OCH3 is 3. The van der Waals surface area contributed by atoms with Gasteiger partial charge in [0.1, 0.15) is 0 Å². The summed E-state index contributed by atoms with van der Waals surface area (Å²) in [5.74, 6) is 1.12. The number of rotatable bonds is 8. The minimum Gasteiger partial charge on any atom is -0.493 e. The van der Waals surface area contributed by atoms with Crippen molar-refractivity contribution < 1.29 is 32.2 Å². The lowest BCUT2D eigenvalue weighted by Gasteiger charge is -2.26. The van der Waals surface area contributed by atoms with Crippen LogP contribution in [0.3, 0.4) is 0 Å². The Labute approximate surface area is 181 Å². The van der Waals surface area contributed by atoms with Crippen molar-refractivity contribution in [2.24, 2.45) is 0 Å². The Hall–Kier alpha value is -2.82. The first-order valence-electron chi connectivity index (χ1n) is 9.65. The Balaban J connectivity index is 1.69. The Morgan fingerprint density at radius 2 is 1.58 bits per heavy atom. The van der Waals surface area contributed by atoms with Crippen LogP contribution in [0.2, 0.25) is 0 Å². The van der Waals surface area contributed by atoms with Gasteiger partial charge in [0.15, 0.2) is 11.5 Å². The highest BCUT2D eigenvalue weighted by atomic mass is 32.2. The zero-order valence-corrected chi connectivity index (χ0v) is 18.5. The summed E-state index contributed by atoms with van der Waals surface area (Å²) in [5, 5.41) is 2.81. The van der Waals surface area contributed by atoms with Crippen molar-refractivity contribution in [3.63, 3.8) is 0 Å². The second-order valence-electron chi connectivity index (χ2n) is 6.76. The van der Waals surface area contributed by atoms with E-state index in [1.807, 2.05) is 0 Å². The second-order valence-corrected chi connectivity index (χ2v) is 8.70. The van der Waals surface area contributed by atoms with Crippen LogP contribution in [0.15, 0.2) is 41.3 Å². The monoisotopic (exact) mass is 450 g/mol. The predicted molar refractivity (Wildman–Crippen MR) is 113 cm³/mol. The highest BCUT2D eigenvalue weighted by Crippen LogP contribution is 2.38. The van der Waals surface area contributed by atoms with E-state index >= 15 is 0 Å². The molecule has 0 aliphatic carbocycles. The fourth-order valence-corrected chi connectivity index (χ4v) is 4.64. The van der Waals surface area contributed by atoms with Gasteiger partial charge in [-0.25, -0.2) is 8.42 Å². The van der Waals surface area contributed by atoms with E-state index in [9.17, 15) is 13.2 Å². The zero-order valence-electron chi connectivity index (χ0n) is 17.7. The lowest BCUT2D eigenvalue weighted by atomic mass is 10.1. The Morgan fingerprint density at radius 1 is 1.00 bits per heavy atom. The number of carbonyl (C=O) groups is 1. The maximum atomic E-state index is 12.7. The molecule has 0 unspecified atom stereocenters. The van der Waals surface area contributed by atoms with E-state index in [4.69, 9.17) is 18.9 Å². The van der Waals surface area contributed by atoms with Crippen molar-refractivity contribution in [1.82, 2.24) is 9.62 Å². The molecule has 0 bridgehead atoms. The summed E-state index contributed by atoms with van der Waals surface area (Å²) in [6, 6.07) is 9.38. The lowest BCUT2D eigenvalue weighted by Crippen LogP contribution is -2.40. The molecule has 168 valence electrons. The van der Waals surface area contributed by atoms with Crippen LogP contribution in [0.5, 0.6) is 17.2 Å². The minimum absolute atomic E-state index is 0.149. The van der Waals surface area contributed by atoms with Crippen molar-refractivity contribution in [3.05, 3.63) is 47.5 Å². The third kappa shape index (κ3) is 5.09. The molecule has 1 heterocycles. The highest BCUT2D eigenvalue weighted by molar-refractivity contribution is 7.89. The lowest BCUT2D eigenvalue weighted by molar-refractivity contribution is 0.0730. The number of carbonyl (C=O) groups excluding carboxylic acids is 1. The molecule has 2 aromatic rings. The predicted octanol–water partition coefficient (Wildman–Crippen LogP) is 1.66. The summed E-state index contributed by atoms with van der Waals surface area (Å²) in [6.07, 6.45) is 0. The number of benzene rings is 2. The maximum absolute atomic E-state index is 12.7. The van der Waals surface area contributed by atoms with Crippen molar-refractivity contribution in [3.8, 4) is 17.2 Å². The first-order chi connectivity index (χ1) is 14.9. The summed E-state index contributed by atoms with van der Waals surface area (Å²) in [7, 11) is 0.959. The van der Waals surface area contributed by atoms with Crippen LogP contribution < -0.4 is 19.5 Å². The summed E-state index contributed by atoms with van der Waals surface area (Å²) in [6.45, 7) is 1.61. The van der Waals surface area contributed by atoms with E-state index < -0.39 is 10.0 Å². The number of morpholine rings is 1. The van der Waals surface area contributed by atoms with Gasteiger partial charge in [0, 0.05) is 25.2 Å². The second kappa shape index (κ2) is 9.99. The average molecular weight is 451 g/mol. The van der Waals surface area contributed by atoms with Crippen LogP contribution in [-0.2, 0) is 21.3 Å². The molecule has 1 aliphatic rings. The van der Waals surface area contributed by atoms with Gasteiger partial charge in [0.05, 0.1) is 39.4 Å². The quantitative estimate of drug-likeness (QED) is 0.652. The summed E-state index contributed by atoms with van der Waals surface area (Å²) in [5.41, 5.74) is 1.11. The fraction of sp³-hybridized carbons (Fsp3) is 0.381. The van der Waals surface area contributed by atoms with Crippen molar-refractivity contribution in [2.75, 3.05) is 47.6 Å². The normalized spacial score (nSPS) is 14.7. The number of amides is 1. The summed E-state index contributed by atoms with van der Waals surface area (Å²) in [4.78, 5) is 12.7. The Kier molecular flexibility index (Phi) is 7.37. The van der Waals surface area contributed by atoms with Crippen LogP contribution in [0.4, 0.5) is 0 Å². The molecule has 0 spiro atoms. The molecule has 10 heteroatoms. The molecule has 0 saturated carbocycles. The first kappa shape index (κ1) is 22.9. The van der Waals surface area contributed by atoms with Gasteiger partial charge in [-0.3, -0.25) is 4.79 Å². The van der Waals surface area contributed by atoms with Gasteiger partial charge in [-0.15, -0.1) is 0 Å². The topological polar surface area (TPSA) is 103 Å². The van der Waals surface area contributed by atoms with E-state index in [2.05, 4.69) is 5.32 Å². The van der Waals surface area contributed by atoms with Crippen LogP contribution in [0.1, 0.15) is 15.9 Å². The first-order valence-corrected chi connectivity index (χ1v) is 11.1. The van der Waals surface area contributed by atoms with Crippen LogP contribution in [0.25, 0.3) is 0 Å². The Bertz CT molecular complexity index is 992. The summed E-state index contributed by atoms with van der Waals surface area (Å²) < 4.78 is 47.9. The smallest absolute Gasteiger partial charge is 0.251 e. The van der Waals surface area contributed by atoms with Gasteiger partial charge < -0.3 is 24.3 Å². The average Bonchev–Trinajstić information content (AvgIpc) is 2.82. The van der Waals surface area contributed by atoms with Gasteiger partial charge in [-0.1, -0.05) is 0 Å². The minimum atomic E-state index is -3.60. The van der Waals surface area contributed by atoms with Crippen molar-refractivity contribution >= 4 is 15.9 Å². The van der Waals surface area contributed by atoms with Crippen LogP contribution in [-0.4, -0.2) is 66.3 Å². The van der Waals surface area contributed by atoms with Gasteiger partial charge >= 0.3 is 0 Å². The molecule has 1 amide bonds. The Morgan fingerprint density at radius 3 is 2.10 bits per heavy atom. The standard InChI is InChI=1S/C21H26N2O7S/c1-27-18-12-15(13-19(28-2)20(18)29-3)14-22-21(24)16-4-6-17(7-5-16)31(25,26)23-8-10-30-11-9-23/h4-7,12-13H,8-11,14H2,1-3H3,(H,22,24). The molecular weight excluding hydrogens is 424 g/mol. The number of nitrogens with zero attached hydrogens (tertiary/aromatic N) is 1. The molecule has 1 aliphatic heterocycles. The van der Waals surface area contributed by atoms with E-state index in [1.165, 1.54) is 49.9 Å².